The molecule has 4 N–H and O–H groups in total. The average Bonchev–Trinajstić information content (AvgIpc) is 2.88. The normalized spacial score (nSPS) is 22.6. The van der Waals surface area contributed by atoms with Crippen molar-refractivity contribution in [2.24, 2.45) is 5.73 Å². The zero-order chi connectivity index (χ0) is 14.8. The number of aryl methyl sites for hydroxylation is 1. The van der Waals surface area contributed by atoms with E-state index in [0.717, 1.165) is 48.6 Å². The van der Waals surface area contributed by atoms with Crippen molar-refractivity contribution in [3.05, 3.63) is 22.4 Å². The number of aromatic nitrogens is 2. The topological polar surface area (TPSA) is 66.7 Å². The van der Waals surface area contributed by atoms with Crippen LogP contribution in [0.15, 0.2) is 16.7 Å². The van der Waals surface area contributed by atoms with Gasteiger partial charge in [0.05, 0.1) is 10.2 Å². The van der Waals surface area contributed by atoms with Gasteiger partial charge in [0.1, 0.15) is 5.65 Å². The van der Waals surface area contributed by atoms with Gasteiger partial charge in [0.15, 0.2) is 0 Å². The second-order valence-electron chi connectivity index (χ2n) is 6.04. The van der Waals surface area contributed by atoms with E-state index in [9.17, 15) is 0 Å². The molecule has 1 aliphatic carbocycles. The predicted octanol–water partition coefficient (Wildman–Crippen LogP) is 3.96. The molecule has 2 heterocycles. The molecule has 1 aliphatic rings. The number of halogens is 1. The first kappa shape index (κ1) is 14.9. The Morgan fingerprint density at radius 2 is 2.14 bits per heavy atom. The molecule has 3 rings (SSSR count). The number of fused-ring (bicyclic) bond motifs is 1. The first-order valence-corrected chi connectivity index (χ1v) is 8.65. The first-order chi connectivity index (χ1) is 10.2. The second-order valence-corrected chi connectivity index (χ2v) is 6.90. The summed E-state index contributed by atoms with van der Waals surface area (Å²) in [5, 5.41) is 4.89. The lowest BCUT2D eigenvalue weighted by atomic mass is 9.91. The molecule has 2 aromatic rings. The third kappa shape index (κ3) is 3.24. The number of anilines is 1. The van der Waals surface area contributed by atoms with Gasteiger partial charge in [-0.1, -0.05) is 13.3 Å². The van der Waals surface area contributed by atoms with Crippen LogP contribution >= 0.6 is 15.9 Å². The molecule has 4 nitrogen and oxygen atoms in total. The monoisotopic (exact) mass is 350 g/mol. The molecule has 1 fully saturated rings. The maximum Gasteiger partial charge on any atom is 0.139 e. The zero-order valence-electron chi connectivity index (χ0n) is 12.5. The van der Waals surface area contributed by atoms with Crippen LogP contribution in [-0.2, 0) is 6.42 Å². The van der Waals surface area contributed by atoms with Crippen molar-refractivity contribution in [2.45, 2.75) is 57.5 Å². The van der Waals surface area contributed by atoms with Crippen LogP contribution in [0.4, 0.5) is 5.69 Å². The SMILES string of the molecule is CCCc1cc2c(N[C@H]3CC[C@H](N)CC3)c(Br)cnc2[nH]1. The van der Waals surface area contributed by atoms with Crippen molar-refractivity contribution >= 4 is 32.7 Å². The van der Waals surface area contributed by atoms with Crippen molar-refractivity contribution in [3.63, 3.8) is 0 Å². The van der Waals surface area contributed by atoms with E-state index in [1.807, 2.05) is 6.20 Å². The lowest BCUT2D eigenvalue weighted by Gasteiger charge is -2.28. The van der Waals surface area contributed by atoms with Crippen LogP contribution in [0.5, 0.6) is 0 Å². The number of nitrogens with one attached hydrogen (secondary N) is 2. The lowest BCUT2D eigenvalue weighted by molar-refractivity contribution is 0.411. The molecule has 1 saturated carbocycles. The fraction of sp³-hybridized carbons (Fsp3) is 0.562. The average molecular weight is 351 g/mol. The van der Waals surface area contributed by atoms with Gasteiger partial charge >= 0.3 is 0 Å². The molecule has 0 amide bonds. The van der Waals surface area contributed by atoms with Gasteiger partial charge in [-0.3, -0.25) is 0 Å². The maximum atomic E-state index is 6.00. The number of aromatic amines is 1. The largest absolute Gasteiger partial charge is 0.381 e. The number of H-pyrrole nitrogens is 1. The van der Waals surface area contributed by atoms with Crippen molar-refractivity contribution in [3.8, 4) is 0 Å². The molecule has 0 aromatic carbocycles. The number of hydrogen-bond acceptors (Lipinski definition) is 3. The van der Waals surface area contributed by atoms with Gasteiger partial charge in [0, 0.05) is 29.4 Å². The van der Waals surface area contributed by atoms with Crippen molar-refractivity contribution in [1.82, 2.24) is 9.97 Å². The Morgan fingerprint density at radius 3 is 2.86 bits per heavy atom. The number of nitrogens with zero attached hydrogens (tertiary/aromatic N) is 1. The summed E-state index contributed by atoms with van der Waals surface area (Å²) >= 11 is 3.64. The molecule has 21 heavy (non-hydrogen) atoms. The summed E-state index contributed by atoms with van der Waals surface area (Å²) in [6.45, 7) is 2.19. The van der Waals surface area contributed by atoms with Crippen LogP contribution in [0.3, 0.4) is 0 Å². The Bertz CT molecular complexity index is 614. The fourth-order valence-corrected chi connectivity index (χ4v) is 3.55. The highest BCUT2D eigenvalue weighted by atomic mass is 79.9. The molecule has 0 radical (unpaired) electrons. The molecule has 0 atom stereocenters. The van der Waals surface area contributed by atoms with Crippen LogP contribution in [-0.4, -0.2) is 22.1 Å². The van der Waals surface area contributed by atoms with Gasteiger partial charge in [-0.25, -0.2) is 4.98 Å². The zero-order valence-corrected chi connectivity index (χ0v) is 14.0. The van der Waals surface area contributed by atoms with E-state index in [4.69, 9.17) is 5.73 Å². The number of pyridine rings is 1. The molecule has 0 saturated heterocycles. The molecule has 0 bridgehead atoms. The predicted molar refractivity (Wildman–Crippen MR) is 91.6 cm³/mol. The van der Waals surface area contributed by atoms with Gasteiger partial charge in [0.2, 0.25) is 0 Å². The molecule has 2 aromatic heterocycles. The van der Waals surface area contributed by atoms with Crippen LogP contribution in [0, 0.1) is 0 Å². The maximum absolute atomic E-state index is 6.00. The number of rotatable bonds is 4. The molecular formula is C16H23BrN4. The highest BCUT2D eigenvalue weighted by Crippen LogP contribution is 2.33. The molecule has 5 heteroatoms. The van der Waals surface area contributed by atoms with Gasteiger partial charge < -0.3 is 16.0 Å². The second kappa shape index (κ2) is 6.36. The Morgan fingerprint density at radius 1 is 1.38 bits per heavy atom. The number of nitrogens with two attached hydrogens (primary N) is 1. The smallest absolute Gasteiger partial charge is 0.139 e. The summed E-state index contributed by atoms with van der Waals surface area (Å²) in [6.07, 6.45) is 8.58. The summed E-state index contributed by atoms with van der Waals surface area (Å²) in [6, 6.07) is 3.12. The summed E-state index contributed by atoms with van der Waals surface area (Å²) in [5.74, 6) is 0. The van der Waals surface area contributed by atoms with Gasteiger partial charge in [-0.15, -0.1) is 0 Å². The van der Waals surface area contributed by atoms with E-state index in [2.05, 4.69) is 44.2 Å². The third-order valence-corrected chi connectivity index (χ3v) is 4.91. The van der Waals surface area contributed by atoms with Crippen LogP contribution in [0.1, 0.15) is 44.7 Å². The third-order valence-electron chi connectivity index (χ3n) is 4.31. The van der Waals surface area contributed by atoms with Crippen LogP contribution in [0.2, 0.25) is 0 Å². The highest BCUT2D eigenvalue weighted by molar-refractivity contribution is 9.10. The standard InChI is InChI=1S/C16H23BrN4/c1-2-3-12-8-13-15(14(17)9-19-16(13)21-12)20-11-6-4-10(18)5-7-11/h8-11H,2-7,18H2,1H3,(H2,19,20,21)/t10-,11-. The number of hydrogen-bond donors (Lipinski definition) is 3. The summed E-state index contributed by atoms with van der Waals surface area (Å²) in [4.78, 5) is 7.90. The van der Waals surface area contributed by atoms with Crippen molar-refractivity contribution < 1.29 is 0 Å². The summed E-state index contributed by atoms with van der Waals surface area (Å²) < 4.78 is 1.03. The van der Waals surface area contributed by atoms with Crippen LogP contribution < -0.4 is 11.1 Å². The fourth-order valence-electron chi connectivity index (χ4n) is 3.12. The summed E-state index contributed by atoms with van der Waals surface area (Å²) in [5.41, 5.74) is 9.39. The molecule has 0 spiro atoms. The van der Waals surface area contributed by atoms with Crippen LogP contribution in [0.25, 0.3) is 11.0 Å². The molecular weight excluding hydrogens is 328 g/mol. The van der Waals surface area contributed by atoms with Gasteiger partial charge in [0.25, 0.3) is 0 Å². The molecule has 0 unspecified atom stereocenters. The Hall–Kier alpha value is -1.07. The minimum Gasteiger partial charge on any atom is -0.381 e. The lowest BCUT2D eigenvalue weighted by Crippen LogP contribution is -2.32. The van der Waals surface area contributed by atoms with Gasteiger partial charge in [-0.05, 0) is 54.1 Å². The van der Waals surface area contributed by atoms with Crippen molar-refractivity contribution in [1.29, 1.82) is 0 Å². The quantitative estimate of drug-likeness (QED) is 0.781. The van der Waals surface area contributed by atoms with E-state index in [1.54, 1.807) is 0 Å². The molecule has 114 valence electrons. The summed E-state index contributed by atoms with van der Waals surface area (Å²) in [7, 11) is 0. The van der Waals surface area contributed by atoms with Gasteiger partial charge in [-0.2, -0.15) is 0 Å². The minimum atomic E-state index is 0.382. The Kier molecular flexibility index (Phi) is 4.50. The molecule has 0 aliphatic heterocycles. The van der Waals surface area contributed by atoms with E-state index in [-0.39, 0.29) is 0 Å². The Labute approximate surface area is 134 Å². The Balaban J connectivity index is 1.87. The van der Waals surface area contributed by atoms with Crippen molar-refractivity contribution in [2.75, 3.05) is 5.32 Å². The van der Waals surface area contributed by atoms with E-state index >= 15 is 0 Å². The van der Waals surface area contributed by atoms with E-state index < -0.39 is 0 Å². The van der Waals surface area contributed by atoms with E-state index in [0.29, 0.717) is 12.1 Å². The van der Waals surface area contributed by atoms with E-state index in [1.165, 1.54) is 16.8 Å². The first-order valence-electron chi connectivity index (χ1n) is 7.85. The minimum absolute atomic E-state index is 0.382. The highest BCUT2D eigenvalue weighted by Gasteiger charge is 2.20.